The first-order valence-corrected chi connectivity index (χ1v) is 6.96. The number of thiophene rings is 1. The molecule has 2 heterocycles. The van der Waals surface area contributed by atoms with E-state index < -0.39 is 0 Å². The minimum Gasteiger partial charge on any atom is -0.373 e. The Kier molecular flexibility index (Phi) is 4.04. The molecule has 4 nitrogen and oxygen atoms in total. The molecule has 0 aliphatic heterocycles. The highest BCUT2D eigenvalue weighted by molar-refractivity contribution is 7.07. The average molecular weight is 264 g/mol. The molecule has 0 atom stereocenters. The minimum absolute atomic E-state index is 0.908. The molecular formula is C13H20N4S. The van der Waals surface area contributed by atoms with E-state index in [1.807, 2.05) is 18.8 Å². The lowest BCUT2D eigenvalue weighted by Crippen LogP contribution is -2.18. The van der Waals surface area contributed by atoms with E-state index >= 15 is 0 Å². The van der Waals surface area contributed by atoms with Crippen LogP contribution in [0.15, 0.2) is 16.8 Å². The molecule has 0 saturated heterocycles. The number of hydrogen-bond acceptors (Lipinski definition) is 4. The summed E-state index contributed by atoms with van der Waals surface area (Å²) in [6, 6.07) is 2.18. The topological polar surface area (TPSA) is 33.1 Å². The largest absolute Gasteiger partial charge is 0.373 e. The van der Waals surface area contributed by atoms with Gasteiger partial charge in [-0.05, 0) is 36.4 Å². The number of anilines is 1. The van der Waals surface area contributed by atoms with Gasteiger partial charge in [0.15, 0.2) is 0 Å². The predicted molar refractivity (Wildman–Crippen MR) is 77.0 cm³/mol. The lowest BCUT2D eigenvalue weighted by atomic mass is 10.2. The van der Waals surface area contributed by atoms with Crippen LogP contribution in [-0.2, 0) is 20.1 Å². The monoisotopic (exact) mass is 264 g/mol. The van der Waals surface area contributed by atoms with Crippen LogP contribution in [0, 0.1) is 6.92 Å². The summed E-state index contributed by atoms with van der Waals surface area (Å²) in [5.41, 5.74) is 3.74. The Morgan fingerprint density at radius 3 is 2.83 bits per heavy atom. The third kappa shape index (κ3) is 2.73. The van der Waals surface area contributed by atoms with Crippen LogP contribution in [-0.4, -0.2) is 28.8 Å². The van der Waals surface area contributed by atoms with Crippen LogP contribution in [0.4, 0.5) is 5.82 Å². The molecular weight excluding hydrogens is 244 g/mol. The van der Waals surface area contributed by atoms with Crippen molar-refractivity contribution in [1.82, 2.24) is 14.7 Å². The third-order valence-electron chi connectivity index (χ3n) is 3.04. The minimum atomic E-state index is 0.908. The highest BCUT2D eigenvalue weighted by Gasteiger charge is 2.13. The highest BCUT2D eigenvalue weighted by Crippen LogP contribution is 2.20. The molecule has 18 heavy (non-hydrogen) atoms. The summed E-state index contributed by atoms with van der Waals surface area (Å²) in [7, 11) is 6.06. The summed E-state index contributed by atoms with van der Waals surface area (Å²) in [5.74, 6) is 1.10. The van der Waals surface area contributed by atoms with Crippen molar-refractivity contribution in [1.29, 1.82) is 0 Å². The predicted octanol–water partition coefficient (Wildman–Crippen LogP) is 2.46. The van der Waals surface area contributed by atoms with Gasteiger partial charge >= 0.3 is 0 Å². The van der Waals surface area contributed by atoms with Gasteiger partial charge < -0.3 is 5.32 Å². The molecule has 2 aromatic rings. The number of nitrogens with one attached hydrogen (secondary N) is 1. The van der Waals surface area contributed by atoms with Gasteiger partial charge in [0, 0.05) is 32.7 Å². The van der Waals surface area contributed by atoms with Crippen molar-refractivity contribution in [2.45, 2.75) is 20.0 Å². The molecule has 0 saturated carbocycles. The maximum Gasteiger partial charge on any atom is 0.128 e. The number of nitrogens with zero attached hydrogens (tertiary/aromatic N) is 3. The maximum absolute atomic E-state index is 4.46. The molecule has 2 rings (SSSR count). The van der Waals surface area contributed by atoms with Gasteiger partial charge in [0.1, 0.15) is 5.82 Å². The molecule has 5 heteroatoms. The molecule has 0 amide bonds. The van der Waals surface area contributed by atoms with Crippen molar-refractivity contribution in [3.8, 4) is 0 Å². The zero-order chi connectivity index (χ0) is 13.1. The molecule has 0 fully saturated rings. The Labute approximate surface area is 112 Å². The van der Waals surface area contributed by atoms with Crippen molar-refractivity contribution < 1.29 is 0 Å². The molecule has 0 radical (unpaired) electrons. The second kappa shape index (κ2) is 5.54. The lowest BCUT2D eigenvalue weighted by Gasteiger charge is -2.16. The average Bonchev–Trinajstić information content (AvgIpc) is 2.89. The molecule has 98 valence electrons. The number of aryl methyl sites for hydroxylation is 2. The lowest BCUT2D eigenvalue weighted by molar-refractivity contribution is 0.319. The second-order valence-corrected chi connectivity index (χ2v) is 5.37. The Morgan fingerprint density at radius 2 is 2.22 bits per heavy atom. The smallest absolute Gasteiger partial charge is 0.128 e. The Hall–Kier alpha value is -1.33. The van der Waals surface area contributed by atoms with E-state index in [0.717, 1.165) is 24.6 Å². The Balaban J connectivity index is 2.09. The number of hydrogen-bond donors (Lipinski definition) is 1. The molecule has 0 aliphatic rings. The van der Waals surface area contributed by atoms with E-state index in [0.29, 0.717) is 0 Å². The van der Waals surface area contributed by atoms with E-state index in [4.69, 9.17) is 0 Å². The molecule has 0 unspecified atom stereocenters. The van der Waals surface area contributed by atoms with Crippen LogP contribution in [0.25, 0.3) is 0 Å². The van der Waals surface area contributed by atoms with Crippen molar-refractivity contribution in [2.24, 2.45) is 7.05 Å². The first-order valence-electron chi connectivity index (χ1n) is 6.01. The van der Waals surface area contributed by atoms with E-state index in [-0.39, 0.29) is 0 Å². The third-order valence-corrected chi connectivity index (χ3v) is 3.78. The fraction of sp³-hybridized carbons (Fsp3) is 0.462. The summed E-state index contributed by atoms with van der Waals surface area (Å²) in [6.45, 7) is 3.95. The van der Waals surface area contributed by atoms with Gasteiger partial charge in [-0.3, -0.25) is 9.58 Å². The van der Waals surface area contributed by atoms with Crippen molar-refractivity contribution >= 4 is 17.2 Å². The van der Waals surface area contributed by atoms with Crippen LogP contribution in [0.3, 0.4) is 0 Å². The van der Waals surface area contributed by atoms with Gasteiger partial charge in [-0.25, -0.2) is 0 Å². The van der Waals surface area contributed by atoms with Crippen molar-refractivity contribution in [2.75, 3.05) is 19.4 Å². The highest BCUT2D eigenvalue weighted by atomic mass is 32.1. The standard InChI is InChI=1S/C13H20N4S/c1-10-12(13(14-2)17(4)15-10)8-16(3)7-11-5-6-18-9-11/h5-6,9,14H,7-8H2,1-4H3. The Bertz CT molecular complexity index is 501. The van der Waals surface area contributed by atoms with Gasteiger partial charge in [0.2, 0.25) is 0 Å². The summed E-state index contributed by atoms with van der Waals surface area (Å²) in [4.78, 5) is 2.31. The number of rotatable bonds is 5. The van der Waals surface area contributed by atoms with E-state index in [1.165, 1.54) is 11.1 Å². The van der Waals surface area contributed by atoms with Gasteiger partial charge in [-0.1, -0.05) is 0 Å². The Morgan fingerprint density at radius 1 is 1.44 bits per heavy atom. The maximum atomic E-state index is 4.46. The van der Waals surface area contributed by atoms with Crippen LogP contribution < -0.4 is 5.32 Å². The van der Waals surface area contributed by atoms with Gasteiger partial charge in [-0.15, -0.1) is 0 Å². The molecule has 2 aromatic heterocycles. The summed E-state index contributed by atoms with van der Waals surface area (Å²) in [5, 5.41) is 12.0. The molecule has 1 N–H and O–H groups in total. The van der Waals surface area contributed by atoms with Crippen LogP contribution in [0.2, 0.25) is 0 Å². The normalized spacial score (nSPS) is 11.2. The quantitative estimate of drug-likeness (QED) is 0.900. The summed E-state index contributed by atoms with van der Waals surface area (Å²) in [6.07, 6.45) is 0. The van der Waals surface area contributed by atoms with Gasteiger partial charge in [-0.2, -0.15) is 16.4 Å². The molecule has 0 aromatic carbocycles. The zero-order valence-corrected chi connectivity index (χ0v) is 12.2. The van der Waals surface area contributed by atoms with Crippen LogP contribution in [0.1, 0.15) is 16.8 Å². The van der Waals surface area contributed by atoms with Gasteiger partial charge in [0.25, 0.3) is 0 Å². The second-order valence-electron chi connectivity index (χ2n) is 4.59. The van der Waals surface area contributed by atoms with Crippen molar-refractivity contribution in [3.63, 3.8) is 0 Å². The first kappa shape index (κ1) is 13.1. The van der Waals surface area contributed by atoms with Crippen molar-refractivity contribution in [3.05, 3.63) is 33.6 Å². The van der Waals surface area contributed by atoms with E-state index in [1.54, 1.807) is 11.3 Å². The van der Waals surface area contributed by atoms with Gasteiger partial charge in [0.05, 0.1) is 5.69 Å². The van der Waals surface area contributed by atoms with Crippen LogP contribution >= 0.6 is 11.3 Å². The van der Waals surface area contributed by atoms with E-state index in [2.05, 4.69) is 46.1 Å². The summed E-state index contributed by atoms with van der Waals surface area (Å²) >= 11 is 1.75. The number of aromatic nitrogens is 2. The first-order chi connectivity index (χ1) is 8.61. The molecule has 0 spiro atoms. The molecule has 0 aliphatic carbocycles. The van der Waals surface area contributed by atoms with Crippen LogP contribution in [0.5, 0.6) is 0 Å². The molecule has 0 bridgehead atoms. The van der Waals surface area contributed by atoms with E-state index in [9.17, 15) is 0 Å². The fourth-order valence-electron chi connectivity index (χ4n) is 2.22. The SMILES string of the molecule is CNc1c(CN(C)Cc2ccsc2)c(C)nn1C. The summed E-state index contributed by atoms with van der Waals surface area (Å²) < 4.78 is 1.91. The zero-order valence-electron chi connectivity index (χ0n) is 11.4. The fourth-order valence-corrected chi connectivity index (χ4v) is 2.88.